The van der Waals surface area contributed by atoms with Gasteiger partial charge >= 0.3 is 5.97 Å². The Bertz CT molecular complexity index is 522. The highest BCUT2D eigenvalue weighted by atomic mass is 32.2. The van der Waals surface area contributed by atoms with Gasteiger partial charge < -0.3 is 4.74 Å². The fourth-order valence-electron chi connectivity index (χ4n) is 1.86. The molecule has 1 aliphatic rings. The SMILES string of the molecule is C=CC(=O)OCC1=C(C)SC(C)(c2ccccc2)S1. The summed E-state index contributed by atoms with van der Waals surface area (Å²) in [5.41, 5.74) is 1.27. The van der Waals surface area contributed by atoms with Crippen molar-refractivity contribution < 1.29 is 9.53 Å². The first-order valence-electron chi connectivity index (χ1n) is 5.97. The first-order chi connectivity index (χ1) is 9.05. The number of carbonyl (C=O) groups excluding carboxylic acids is 1. The molecular formula is C15H16O2S2. The molecule has 0 radical (unpaired) electrons. The maximum absolute atomic E-state index is 11.1. The minimum atomic E-state index is -0.376. The van der Waals surface area contributed by atoms with E-state index in [1.165, 1.54) is 16.5 Å². The molecule has 1 aliphatic heterocycles. The van der Waals surface area contributed by atoms with Gasteiger partial charge in [0.25, 0.3) is 0 Å². The molecule has 0 amide bonds. The molecule has 2 nitrogen and oxygen atoms in total. The average molecular weight is 292 g/mol. The van der Waals surface area contributed by atoms with Gasteiger partial charge in [0.15, 0.2) is 0 Å². The predicted octanol–water partition coefficient (Wildman–Crippen LogP) is 4.30. The third-order valence-electron chi connectivity index (χ3n) is 2.87. The molecule has 1 aromatic rings. The van der Waals surface area contributed by atoms with Crippen LogP contribution in [0.25, 0.3) is 0 Å². The van der Waals surface area contributed by atoms with Crippen molar-refractivity contribution in [2.45, 2.75) is 17.9 Å². The highest BCUT2D eigenvalue weighted by Gasteiger charge is 2.36. The summed E-state index contributed by atoms with van der Waals surface area (Å²) in [6.45, 7) is 8.00. The molecule has 4 heteroatoms. The lowest BCUT2D eigenvalue weighted by Gasteiger charge is -2.23. The van der Waals surface area contributed by atoms with Gasteiger partial charge in [-0.25, -0.2) is 4.79 Å². The Balaban J connectivity index is 2.08. The number of allylic oxidation sites excluding steroid dienone is 1. The molecule has 0 fully saturated rings. The predicted molar refractivity (Wildman–Crippen MR) is 82.8 cm³/mol. The summed E-state index contributed by atoms with van der Waals surface area (Å²) in [6, 6.07) is 10.4. The van der Waals surface area contributed by atoms with Crippen LogP contribution in [0.1, 0.15) is 19.4 Å². The van der Waals surface area contributed by atoms with Gasteiger partial charge in [0.1, 0.15) is 6.61 Å². The zero-order valence-electron chi connectivity index (χ0n) is 11.0. The second-order valence-electron chi connectivity index (χ2n) is 4.31. The lowest BCUT2D eigenvalue weighted by atomic mass is 10.2. The fraction of sp³-hybridized carbons (Fsp3) is 0.267. The molecular weight excluding hydrogens is 276 g/mol. The van der Waals surface area contributed by atoms with Crippen LogP contribution in [0, 0.1) is 0 Å². The number of esters is 1. The lowest BCUT2D eigenvalue weighted by molar-refractivity contribution is -0.136. The molecule has 0 aromatic heterocycles. The summed E-state index contributed by atoms with van der Waals surface area (Å²) in [5.74, 6) is -0.376. The quantitative estimate of drug-likeness (QED) is 0.610. The molecule has 19 heavy (non-hydrogen) atoms. The highest BCUT2D eigenvalue weighted by molar-refractivity contribution is 8.23. The van der Waals surface area contributed by atoms with E-state index in [1.807, 2.05) is 30.0 Å². The van der Waals surface area contributed by atoms with Crippen molar-refractivity contribution in [3.63, 3.8) is 0 Å². The van der Waals surface area contributed by atoms with Gasteiger partial charge in [-0.3, -0.25) is 0 Å². The number of hydrogen-bond donors (Lipinski definition) is 0. The molecule has 1 unspecified atom stereocenters. The molecule has 0 spiro atoms. The summed E-state index contributed by atoms with van der Waals surface area (Å²) in [6.07, 6.45) is 1.19. The van der Waals surface area contributed by atoms with E-state index in [0.29, 0.717) is 6.61 Å². The molecule has 0 saturated heterocycles. The van der Waals surface area contributed by atoms with Crippen LogP contribution in [-0.2, 0) is 13.6 Å². The van der Waals surface area contributed by atoms with E-state index in [4.69, 9.17) is 4.74 Å². The van der Waals surface area contributed by atoms with Gasteiger partial charge in [0, 0.05) is 11.0 Å². The average Bonchev–Trinajstić information content (AvgIpc) is 2.73. The molecule has 0 aliphatic carbocycles. The van der Waals surface area contributed by atoms with Gasteiger partial charge in [-0.05, 0) is 24.3 Å². The number of thioether (sulfide) groups is 2. The van der Waals surface area contributed by atoms with Gasteiger partial charge in [-0.15, -0.1) is 23.5 Å². The third kappa shape index (κ3) is 3.25. The van der Waals surface area contributed by atoms with E-state index in [1.54, 1.807) is 11.8 Å². The van der Waals surface area contributed by atoms with Crippen molar-refractivity contribution >= 4 is 29.5 Å². The van der Waals surface area contributed by atoms with E-state index in [2.05, 4.69) is 32.6 Å². The largest absolute Gasteiger partial charge is 0.457 e. The fourth-order valence-corrected chi connectivity index (χ4v) is 4.95. The Morgan fingerprint density at radius 2 is 2.05 bits per heavy atom. The maximum Gasteiger partial charge on any atom is 0.330 e. The van der Waals surface area contributed by atoms with Gasteiger partial charge in [0.05, 0.1) is 4.08 Å². The van der Waals surface area contributed by atoms with Crippen molar-refractivity contribution in [3.05, 3.63) is 58.4 Å². The number of benzene rings is 1. The Morgan fingerprint density at radius 3 is 2.68 bits per heavy atom. The molecule has 100 valence electrons. The standard InChI is InChI=1S/C15H16O2S2/c1-4-14(16)17-10-13-11(2)18-15(3,19-13)12-8-6-5-7-9-12/h4-9H,1,10H2,2-3H3. The normalized spacial score (nSPS) is 22.4. The molecule has 0 saturated carbocycles. The van der Waals surface area contributed by atoms with Crippen LogP contribution in [0.3, 0.4) is 0 Å². The van der Waals surface area contributed by atoms with Crippen LogP contribution in [-0.4, -0.2) is 12.6 Å². The van der Waals surface area contributed by atoms with Crippen LogP contribution in [0.15, 0.2) is 52.8 Å². The van der Waals surface area contributed by atoms with E-state index < -0.39 is 0 Å². The van der Waals surface area contributed by atoms with Gasteiger partial charge in [-0.2, -0.15) is 0 Å². The summed E-state index contributed by atoms with van der Waals surface area (Å²) in [7, 11) is 0. The van der Waals surface area contributed by atoms with Crippen LogP contribution in [0.2, 0.25) is 0 Å². The zero-order valence-corrected chi connectivity index (χ0v) is 12.6. The summed E-state index contributed by atoms with van der Waals surface area (Å²) in [4.78, 5) is 13.5. The molecule has 0 N–H and O–H groups in total. The summed E-state index contributed by atoms with van der Waals surface area (Å²) >= 11 is 3.57. The Morgan fingerprint density at radius 1 is 1.37 bits per heavy atom. The molecule has 1 atom stereocenters. The third-order valence-corrected chi connectivity index (χ3v) is 5.97. The van der Waals surface area contributed by atoms with Crippen molar-refractivity contribution in [1.29, 1.82) is 0 Å². The molecule has 0 bridgehead atoms. The number of carbonyl (C=O) groups is 1. The lowest BCUT2D eigenvalue weighted by Crippen LogP contribution is -2.09. The van der Waals surface area contributed by atoms with Crippen LogP contribution in [0.5, 0.6) is 0 Å². The zero-order chi connectivity index (χ0) is 13.9. The van der Waals surface area contributed by atoms with E-state index in [0.717, 1.165) is 4.91 Å². The minimum absolute atomic E-state index is 0.0404. The second-order valence-corrected chi connectivity index (χ2v) is 7.71. The highest BCUT2D eigenvalue weighted by Crippen LogP contribution is 2.59. The van der Waals surface area contributed by atoms with Crippen LogP contribution >= 0.6 is 23.5 Å². The Kier molecular flexibility index (Phi) is 4.42. The monoisotopic (exact) mass is 292 g/mol. The topological polar surface area (TPSA) is 26.3 Å². The van der Waals surface area contributed by atoms with Crippen molar-refractivity contribution in [3.8, 4) is 0 Å². The Labute approximate surface area is 122 Å². The van der Waals surface area contributed by atoms with Gasteiger partial charge in [0.2, 0.25) is 0 Å². The van der Waals surface area contributed by atoms with E-state index >= 15 is 0 Å². The number of ether oxygens (including phenoxy) is 1. The first-order valence-corrected chi connectivity index (χ1v) is 7.61. The number of rotatable bonds is 4. The van der Waals surface area contributed by atoms with Crippen LogP contribution in [0.4, 0.5) is 0 Å². The van der Waals surface area contributed by atoms with Gasteiger partial charge in [-0.1, -0.05) is 36.9 Å². The first kappa shape index (κ1) is 14.3. The van der Waals surface area contributed by atoms with Crippen molar-refractivity contribution in [1.82, 2.24) is 0 Å². The van der Waals surface area contributed by atoms with Crippen molar-refractivity contribution in [2.75, 3.05) is 6.61 Å². The number of hydrogen-bond acceptors (Lipinski definition) is 4. The maximum atomic E-state index is 11.1. The summed E-state index contributed by atoms with van der Waals surface area (Å²) < 4.78 is 5.09. The molecule has 1 heterocycles. The van der Waals surface area contributed by atoms with E-state index in [9.17, 15) is 4.79 Å². The van der Waals surface area contributed by atoms with Crippen molar-refractivity contribution in [2.24, 2.45) is 0 Å². The summed E-state index contributed by atoms with van der Waals surface area (Å²) in [5, 5.41) is 0. The van der Waals surface area contributed by atoms with E-state index in [-0.39, 0.29) is 10.0 Å². The second kappa shape index (κ2) is 5.88. The Hall–Kier alpha value is -1.13. The van der Waals surface area contributed by atoms with Crippen LogP contribution < -0.4 is 0 Å². The smallest absolute Gasteiger partial charge is 0.330 e. The minimum Gasteiger partial charge on any atom is -0.457 e. The molecule has 1 aromatic carbocycles. The molecule has 2 rings (SSSR count).